The van der Waals surface area contributed by atoms with Crippen molar-refractivity contribution < 1.29 is 19.0 Å². The van der Waals surface area contributed by atoms with E-state index in [0.29, 0.717) is 35.4 Å². The third kappa shape index (κ3) is 2.69. The van der Waals surface area contributed by atoms with Crippen LogP contribution in [0, 0.1) is 0 Å². The van der Waals surface area contributed by atoms with E-state index in [1.54, 1.807) is 36.1 Å². The fourth-order valence-electron chi connectivity index (χ4n) is 2.27. The van der Waals surface area contributed by atoms with Gasteiger partial charge in [-0.2, -0.15) is 5.10 Å². The molecule has 0 radical (unpaired) electrons. The first kappa shape index (κ1) is 14.2. The molecule has 0 saturated carbocycles. The van der Waals surface area contributed by atoms with Gasteiger partial charge in [-0.15, -0.1) is 0 Å². The summed E-state index contributed by atoms with van der Waals surface area (Å²) < 4.78 is 17.5. The second kappa shape index (κ2) is 5.97. The van der Waals surface area contributed by atoms with Gasteiger partial charge in [-0.3, -0.25) is 4.79 Å². The fourth-order valence-corrected chi connectivity index (χ4v) is 2.27. The highest BCUT2D eigenvalue weighted by Crippen LogP contribution is 2.29. The number of nitrogens with one attached hydrogen (secondary N) is 1. The molecular formula is C15H17N3O4. The van der Waals surface area contributed by atoms with Gasteiger partial charge in [0, 0.05) is 25.1 Å². The number of ether oxygens (including phenoxy) is 3. The molecule has 1 aromatic carbocycles. The molecule has 0 unspecified atom stereocenters. The molecule has 0 bridgehead atoms. The summed E-state index contributed by atoms with van der Waals surface area (Å²) in [4.78, 5) is 12.3. The van der Waals surface area contributed by atoms with E-state index >= 15 is 0 Å². The second-order valence-corrected chi connectivity index (χ2v) is 4.81. The Labute approximate surface area is 127 Å². The third-order valence-electron chi connectivity index (χ3n) is 3.40. The summed E-state index contributed by atoms with van der Waals surface area (Å²) in [5, 5.41) is 7.04. The van der Waals surface area contributed by atoms with Crippen molar-refractivity contribution >= 4 is 11.6 Å². The van der Waals surface area contributed by atoms with E-state index in [1.165, 1.54) is 7.11 Å². The predicted molar refractivity (Wildman–Crippen MR) is 79.8 cm³/mol. The Balaban J connectivity index is 1.80. The Kier molecular flexibility index (Phi) is 3.86. The molecule has 1 amide bonds. The van der Waals surface area contributed by atoms with Gasteiger partial charge in [0.1, 0.15) is 11.5 Å². The molecule has 1 aliphatic heterocycles. The van der Waals surface area contributed by atoms with E-state index in [0.717, 1.165) is 13.0 Å². The molecule has 0 fully saturated rings. The number of methoxy groups -OCH3 is 2. The molecule has 0 aliphatic carbocycles. The van der Waals surface area contributed by atoms with Crippen LogP contribution in [-0.2, 0) is 6.54 Å². The highest BCUT2D eigenvalue weighted by Gasteiger charge is 2.19. The number of hydrogen-bond donors (Lipinski definition) is 1. The van der Waals surface area contributed by atoms with Crippen LogP contribution >= 0.6 is 0 Å². The average molecular weight is 303 g/mol. The van der Waals surface area contributed by atoms with Crippen LogP contribution in [0.1, 0.15) is 16.9 Å². The van der Waals surface area contributed by atoms with E-state index in [9.17, 15) is 4.79 Å². The molecule has 0 saturated heterocycles. The minimum Gasteiger partial charge on any atom is -0.497 e. The standard InChI is InChI=1S/C15H17N3O4/c1-20-10-4-5-11(13(8-10)21-2)16-15(19)12-9-14-18(17-12)6-3-7-22-14/h4-5,8-9H,3,6-7H2,1-2H3,(H,16,19). The molecule has 22 heavy (non-hydrogen) atoms. The van der Waals surface area contributed by atoms with E-state index in [4.69, 9.17) is 14.2 Å². The van der Waals surface area contributed by atoms with E-state index in [-0.39, 0.29) is 5.91 Å². The van der Waals surface area contributed by atoms with Crippen molar-refractivity contribution in [2.45, 2.75) is 13.0 Å². The summed E-state index contributed by atoms with van der Waals surface area (Å²) in [5.74, 6) is 1.49. The maximum atomic E-state index is 12.3. The van der Waals surface area contributed by atoms with Crippen molar-refractivity contribution in [2.24, 2.45) is 0 Å². The third-order valence-corrected chi connectivity index (χ3v) is 3.40. The minimum absolute atomic E-state index is 0.311. The molecule has 2 aromatic rings. The van der Waals surface area contributed by atoms with Gasteiger partial charge in [-0.05, 0) is 12.1 Å². The van der Waals surface area contributed by atoms with Gasteiger partial charge in [0.05, 0.1) is 26.5 Å². The highest BCUT2D eigenvalue weighted by atomic mass is 16.5. The number of fused-ring (bicyclic) bond motifs is 1. The number of nitrogens with zero attached hydrogens (tertiary/aromatic N) is 2. The molecule has 1 aliphatic rings. The lowest BCUT2D eigenvalue weighted by atomic mass is 10.2. The van der Waals surface area contributed by atoms with E-state index in [1.807, 2.05) is 0 Å². The summed E-state index contributed by atoms with van der Waals surface area (Å²) in [6.45, 7) is 1.41. The zero-order valence-electron chi connectivity index (χ0n) is 12.5. The lowest BCUT2D eigenvalue weighted by Crippen LogP contribution is -2.16. The van der Waals surface area contributed by atoms with Crippen molar-refractivity contribution in [1.29, 1.82) is 0 Å². The SMILES string of the molecule is COc1ccc(NC(=O)c2cc3n(n2)CCCO3)c(OC)c1. The Morgan fingerprint density at radius 1 is 1.32 bits per heavy atom. The van der Waals surface area contributed by atoms with Crippen molar-refractivity contribution in [3.05, 3.63) is 30.0 Å². The molecule has 1 aromatic heterocycles. The van der Waals surface area contributed by atoms with Gasteiger partial charge in [-0.25, -0.2) is 4.68 Å². The summed E-state index contributed by atoms with van der Waals surface area (Å²) in [6.07, 6.45) is 0.891. The lowest BCUT2D eigenvalue weighted by Gasteiger charge is -2.13. The molecule has 116 valence electrons. The van der Waals surface area contributed by atoms with Gasteiger partial charge in [-0.1, -0.05) is 0 Å². The van der Waals surface area contributed by atoms with Crippen LogP contribution in [0.25, 0.3) is 0 Å². The van der Waals surface area contributed by atoms with Crippen LogP contribution in [-0.4, -0.2) is 36.5 Å². The van der Waals surface area contributed by atoms with Gasteiger partial charge in [0.2, 0.25) is 5.88 Å². The Hall–Kier alpha value is -2.70. The fraction of sp³-hybridized carbons (Fsp3) is 0.333. The first-order valence-electron chi connectivity index (χ1n) is 6.95. The number of benzene rings is 1. The number of anilines is 1. The normalized spacial score (nSPS) is 13.0. The van der Waals surface area contributed by atoms with Crippen LogP contribution in [0.2, 0.25) is 0 Å². The van der Waals surface area contributed by atoms with E-state index in [2.05, 4.69) is 10.4 Å². The minimum atomic E-state index is -0.311. The van der Waals surface area contributed by atoms with Crippen molar-refractivity contribution in [3.8, 4) is 17.4 Å². The highest BCUT2D eigenvalue weighted by molar-refractivity contribution is 6.03. The average Bonchev–Trinajstić information content (AvgIpc) is 2.99. The van der Waals surface area contributed by atoms with Crippen LogP contribution in [0.3, 0.4) is 0 Å². The maximum absolute atomic E-state index is 12.3. The molecule has 7 heteroatoms. The number of hydrogen-bond acceptors (Lipinski definition) is 5. The first-order valence-corrected chi connectivity index (χ1v) is 6.95. The number of carbonyl (C=O) groups is 1. The summed E-state index contributed by atoms with van der Waals surface area (Å²) in [6, 6.07) is 6.82. The molecule has 7 nitrogen and oxygen atoms in total. The van der Waals surface area contributed by atoms with Crippen LogP contribution < -0.4 is 19.5 Å². The summed E-state index contributed by atoms with van der Waals surface area (Å²) in [5.41, 5.74) is 0.870. The molecule has 0 atom stereocenters. The number of amides is 1. The first-order chi connectivity index (χ1) is 10.7. The van der Waals surface area contributed by atoms with Crippen LogP contribution in [0.5, 0.6) is 17.4 Å². The molecule has 3 rings (SSSR count). The summed E-state index contributed by atoms with van der Waals surface area (Å²) >= 11 is 0. The Bertz CT molecular complexity index is 673. The van der Waals surface area contributed by atoms with Crippen molar-refractivity contribution in [1.82, 2.24) is 9.78 Å². The Morgan fingerprint density at radius 3 is 2.91 bits per heavy atom. The number of carbonyl (C=O) groups excluding carboxylic acids is 1. The van der Waals surface area contributed by atoms with Crippen LogP contribution in [0.15, 0.2) is 24.3 Å². The second-order valence-electron chi connectivity index (χ2n) is 4.81. The maximum Gasteiger partial charge on any atom is 0.276 e. The molecule has 0 spiro atoms. The van der Waals surface area contributed by atoms with Gasteiger partial charge in [0.25, 0.3) is 5.91 Å². The zero-order chi connectivity index (χ0) is 15.5. The monoisotopic (exact) mass is 303 g/mol. The topological polar surface area (TPSA) is 74.6 Å². The van der Waals surface area contributed by atoms with Crippen LogP contribution in [0.4, 0.5) is 5.69 Å². The number of rotatable bonds is 4. The smallest absolute Gasteiger partial charge is 0.276 e. The predicted octanol–water partition coefficient (Wildman–Crippen LogP) is 1.94. The van der Waals surface area contributed by atoms with Gasteiger partial charge in [0.15, 0.2) is 5.69 Å². The number of aryl methyl sites for hydroxylation is 1. The van der Waals surface area contributed by atoms with E-state index < -0.39 is 0 Å². The zero-order valence-corrected chi connectivity index (χ0v) is 12.5. The molecular weight excluding hydrogens is 286 g/mol. The Morgan fingerprint density at radius 2 is 2.18 bits per heavy atom. The van der Waals surface area contributed by atoms with Gasteiger partial charge >= 0.3 is 0 Å². The lowest BCUT2D eigenvalue weighted by molar-refractivity contribution is 0.102. The number of aromatic nitrogens is 2. The molecule has 1 N–H and O–H groups in total. The largest absolute Gasteiger partial charge is 0.497 e. The summed E-state index contributed by atoms with van der Waals surface area (Å²) in [7, 11) is 3.11. The molecule has 2 heterocycles. The van der Waals surface area contributed by atoms with Crippen molar-refractivity contribution in [2.75, 3.05) is 26.1 Å². The van der Waals surface area contributed by atoms with Crippen molar-refractivity contribution in [3.63, 3.8) is 0 Å². The quantitative estimate of drug-likeness (QED) is 0.934. The van der Waals surface area contributed by atoms with Gasteiger partial charge < -0.3 is 19.5 Å².